The van der Waals surface area contributed by atoms with Crippen molar-refractivity contribution in [3.05, 3.63) is 71.8 Å². The summed E-state index contributed by atoms with van der Waals surface area (Å²) in [6.45, 7) is 0. The molecule has 1 N–H and O–H groups in total. The van der Waals surface area contributed by atoms with E-state index in [0.29, 0.717) is 23.5 Å². The molecule has 9 heteroatoms. The third-order valence-electron chi connectivity index (χ3n) is 6.33. The lowest BCUT2D eigenvalue weighted by Gasteiger charge is -2.22. The summed E-state index contributed by atoms with van der Waals surface area (Å²) in [7, 11) is -2.98. The Bertz CT molecular complexity index is 1580. The summed E-state index contributed by atoms with van der Waals surface area (Å²) in [4.78, 5) is 12.9. The zero-order valence-electron chi connectivity index (χ0n) is 17.6. The number of aromatic amines is 1. The maximum atomic E-state index is 12.0. The van der Waals surface area contributed by atoms with Gasteiger partial charge in [-0.05, 0) is 18.9 Å². The van der Waals surface area contributed by atoms with Gasteiger partial charge in [-0.15, -0.1) is 0 Å². The van der Waals surface area contributed by atoms with Gasteiger partial charge < -0.3 is 4.98 Å². The van der Waals surface area contributed by atoms with Crippen LogP contribution < -0.4 is 0 Å². The standard InChI is InChI=1S/C24H20ClN5O2S/c25-19-14-27-24-21(19)22(16-8-10-33(31,32)11-9-16)29-23-18(13-28-30(23)24)17-6-7-20(26-12-17)15-4-2-1-3-5-15/h1-7,12-14,16,27H,8-11H2. The molecule has 0 spiro atoms. The van der Waals surface area contributed by atoms with Crippen molar-refractivity contribution < 1.29 is 8.42 Å². The van der Waals surface area contributed by atoms with Crippen molar-refractivity contribution >= 4 is 38.1 Å². The zero-order valence-corrected chi connectivity index (χ0v) is 19.1. The number of aromatic nitrogens is 5. The summed E-state index contributed by atoms with van der Waals surface area (Å²) in [6, 6.07) is 14.0. The molecule has 0 aliphatic carbocycles. The topological polar surface area (TPSA) is 93.0 Å². The van der Waals surface area contributed by atoms with E-state index in [1.54, 1.807) is 16.9 Å². The summed E-state index contributed by atoms with van der Waals surface area (Å²) < 4.78 is 25.7. The van der Waals surface area contributed by atoms with Crippen LogP contribution in [-0.2, 0) is 9.84 Å². The van der Waals surface area contributed by atoms with Gasteiger partial charge in [0.25, 0.3) is 0 Å². The van der Waals surface area contributed by atoms with E-state index in [1.165, 1.54) is 0 Å². The normalized spacial score (nSPS) is 16.5. The molecule has 0 atom stereocenters. The molecule has 1 aliphatic rings. The Morgan fingerprint density at radius 1 is 1.00 bits per heavy atom. The molecule has 0 radical (unpaired) electrons. The van der Waals surface area contributed by atoms with Gasteiger partial charge in [-0.1, -0.05) is 48.0 Å². The van der Waals surface area contributed by atoms with E-state index < -0.39 is 9.84 Å². The van der Waals surface area contributed by atoms with E-state index in [4.69, 9.17) is 16.6 Å². The van der Waals surface area contributed by atoms with Crippen molar-refractivity contribution in [3.63, 3.8) is 0 Å². The second kappa shape index (κ2) is 7.67. The number of nitrogens with zero attached hydrogens (tertiary/aromatic N) is 4. The lowest BCUT2D eigenvalue weighted by molar-refractivity contribution is 0.546. The van der Waals surface area contributed by atoms with E-state index in [0.717, 1.165) is 39.1 Å². The number of nitrogens with one attached hydrogen (secondary N) is 1. The first-order valence-electron chi connectivity index (χ1n) is 10.8. The Kier molecular flexibility index (Phi) is 4.74. The van der Waals surface area contributed by atoms with Crippen LogP contribution in [-0.4, -0.2) is 44.5 Å². The molecule has 5 aromatic rings. The van der Waals surface area contributed by atoms with Crippen LogP contribution in [0.25, 0.3) is 39.1 Å². The number of sulfone groups is 1. The average molecular weight is 478 g/mol. The van der Waals surface area contributed by atoms with Gasteiger partial charge in [0, 0.05) is 35.0 Å². The lowest BCUT2D eigenvalue weighted by atomic mass is 9.96. The van der Waals surface area contributed by atoms with Crippen molar-refractivity contribution in [3.8, 4) is 22.4 Å². The van der Waals surface area contributed by atoms with E-state index in [2.05, 4.69) is 15.1 Å². The highest BCUT2D eigenvalue weighted by Gasteiger charge is 2.29. The van der Waals surface area contributed by atoms with E-state index in [-0.39, 0.29) is 17.4 Å². The fraction of sp³-hybridized carbons (Fsp3) is 0.208. The minimum absolute atomic E-state index is 0.0238. The van der Waals surface area contributed by atoms with Crippen molar-refractivity contribution in [1.82, 2.24) is 24.6 Å². The molecule has 166 valence electrons. The molecule has 1 saturated heterocycles. The number of hydrogen-bond acceptors (Lipinski definition) is 5. The number of fused-ring (bicyclic) bond motifs is 3. The fourth-order valence-electron chi connectivity index (χ4n) is 4.58. The van der Waals surface area contributed by atoms with E-state index in [1.807, 2.05) is 48.7 Å². The van der Waals surface area contributed by atoms with Gasteiger partial charge in [0.05, 0.1) is 39.5 Å². The molecule has 6 rings (SSSR count). The first kappa shape index (κ1) is 20.4. The Morgan fingerprint density at radius 3 is 2.52 bits per heavy atom. The second-order valence-corrected chi connectivity index (χ2v) is 11.1. The number of H-pyrrole nitrogens is 1. The van der Waals surface area contributed by atoms with Gasteiger partial charge in [0.2, 0.25) is 0 Å². The molecule has 7 nitrogen and oxygen atoms in total. The van der Waals surface area contributed by atoms with Crippen LogP contribution in [0.2, 0.25) is 5.02 Å². The summed E-state index contributed by atoms with van der Waals surface area (Å²) in [6.07, 6.45) is 6.43. The highest BCUT2D eigenvalue weighted by molar-refractivity contribution is 7.91. The van der Waals surface area contributed by atoms with Gasteiger partial charge in [0.1, 0.15) is 15.5 Å². The van der Waals surface area contributed by atoms with Crippen LogP contribution in [0.1, 0.15) is 24.5 Å². The molecule has 0 unspecified atom stereocenters. The third-order valence-corrected chi connectivity index (χ3v) is 8.35. The van der Waals surface area contributed by atoms with Gasteiger partial charge >= 0.3 is 0 Å². The molecule has 0 saturated carbocycles. The summed E-state index contributed by atoms with van der Waals surface area (Å²) in [5.74, 6) is 0.367. The highest BCUT2D eigenvalue weighted by Crippen LogP contribution is 2.37. The minimum atomic E-state index is -2.98. The smallest absolute Gasteiger partial charge is 0.165 e. The molecule has 4 aromatic heterocycles. The van der Waals surface area contributed by atoms with Crippen molar-refractivity contribution in [2.75, 3.05) is 11.5 Å². The van der Waals surface area contributed by atoms with Crippen LogP contribution in [0.15, 0.2) is 61.1 Å². The molecule has 1 aromatic carbocycles. The second-order valence-electron chi connectivity index (χ2n) is 8.38. The van der Waals surface area contributed by atoms with Crippen molar-refractivity contribution in [1.29, 1.82) is 0 Å². The maximum Gasteiger partial charge on any atom is 0.165 e. The molecular weight excluding hydrogens is 458 g/mol. The zero-order chi connectivity index (χ0) is 22.6. The molecule has 33 heavy (non-hydrogen) atoms. The quantitative estimate of drug-likeness (QED) is 0.399. The van der Waals surface area contributed by atoms with Crippen LogP contribution >= 0.6 is 11.6 Å². The van der Waals surface area contributed by atoms with Crippen LogP contribution in [0.4, 0.5) is 0 Å². The predicted octanol–water partition coefficient (Wildman–Crippen LogP) is 4.89. The van der Waals surface area contributed by atoms with Gasteiger partial charge in [0.15, 0.2) is 5.65 Å². The molecule has 5 heterocycles. The number of halogens is 1. The molecule has 1 aliphatic heterocycles. The minimum Gasteiger partial charge on any atom is -0.344 e. The Hall–Kier alpha value is -3.23. The average Bonchev–Trinajstić information content (AvgIpc) is 3.43. The monoisotopic (exact) mass is 477 g/mol. The van der Waals surface area contributed by atoms with Crippen LogP contribution in [0.3, 0.4) is 0 Å². The fourth-order valence-corrected chi connectivity index (χ4v) is 6.31. The van der Waals surface area contributed by atoms with Gasteiger partial charge in [-0.25, -0.2) is 13.4 Å². The Morgan fingerprint density at radius 2 is 1.79 bits per heavy atom. The molecule has 1 fully saturated rings. The van der Waals surface area contributed by atoms with Gasteiger partial charge in [-0.2, -0.15) is 9.61 Å². The maximum absolute atomic E-state index is 12.0. The summed E-state index contributed by atoms with van der Waals surface area (Å²) >= 11 is 6.51. The molecular formula is C24H20ClN5O2S. The first-order valence-corrected chi connectivity index (χ1v) is 13.0. The van der Waals surface area contributed by atoms with Gasteiger partial charge in [-0.3, -0.25) is 4.98 Å². The number of hydrogen-bond donors (Lipinski definition) is 1. The van der Waals surface area contributed by atoms with E-state index >= 15 is 0 Å². The number of pyridine rings is 1. The third kappa shape index (κ3) is 3.50. The van der Waals surface area contributed by atoms with Crippen molar-refractivity contribution in [2.45, 2.75) is 18.8 Å². The highest BCUT2D eigenvalue weighted by atomic mass is 35.5. The largest absolute Gasteiger partial charge is 0.344 e. The summed E-state index contributed by atoms with van der Waals surface area (Å²) in [5, 5.41) is 5.94. The first-order chi connectivity index (χ1) is 16.0. The predicted molar refractivity (Wildman–Crippen MR) is 129 cm³/mol. The SMILES string of the molecule is O=S1(=O)CCC(c2nc3c(-c4ccc(-c5ccccc5)nc4)cnn3c3[nH]cc(Cl)c23)CC1. The van der Waals surface area contributed by atoms with Crippen LogP contribution in [0, 0.1) is 0 Å². The van der Waals surface area contributed by atoms with Crippen LogP contribution in [0.5, 0.6) is 0 Å². The number of benzene rings is 1. The molecule has 0 bridgehead atoms. The summed E-state index contributed by atoms with van der Waals surface area (Å²) in [5.41, 5.74) is 6.00. The Balaban J connectivity index is 1.47. The van der Waals surface area contributed by atoms with Crippen molar-refractivity contribution in [2.24, 2.45) is 0 Å². The number of rotatable bonds is 3. The van der Waals surface area contributed by atoms with E-state index in [9.17, 15) is 8.42 Å². The Labute approximate surface area is 195 Å². The molecule has 0 amide bonds. The lowest BCUT2D eigenvalue weighted by Crippen LogP contribution is -2.23.